The Kier molecular flexibility index (Phi) is 16.3. The number of imide groups is 1. The summed E-state index contributed by atoms with van der Waals surface area (Å²) < 4.78 is 38.0. The second-order valence-corrected chi connectivity index (χ2v) is 24.4. The first-order valence-corrected chi connectivity index (χ1v) is 29.7. The molecule has 6 heterocycles. The molecule has 4 amide bonds. The predicted molar refractivity (Wildman–Crippen MR) is 316 cm³/mol. The van der Waals surface area contributed by atoms with Crippen LogP contribution in [0.3, 0.4) is 0 Å². The van der Waals surface area contributed by atoms with Gasteiger partial charge in [0, 0.05) is 104 Å². The highest BCUT2D eigenvalue weighted by atomic mass is 35.5. The number of halogens is 1. The Labute approximate surface area is 490 Å². The minimum Gasteiger partial charge on any atom is -0.455 e. The van der Waals surface area contributed by atoms with E-state index in [-0.39, 0.29) is 60.2 Å². The van der Waals surface area contributed by atoms with Crippen LogP contribution in [0.2, 0.25) is 5.02 Å². The van der Waals surface area contributed by atoms with E-state index in [2.05, 4.69) is 83.3 Å². The first kappa shape index (κ1) is 56.9. The number of nitro benzene ring substituents is 1. The maximum Gasteiger partial charge on any atom is 0.293 e. The summed E-state index contributed by atoms with van der Waals surface area (Å²) in [5.41, 5.74) is 7.51. The first-order chi connectivity index (χ1) is 40.4. The van der Waals surface area contributed by atoms with Crippen LogP contribution in [-0.4, -0.2) is 110 Å². The number of piperazine rings is 1. The van der Waals surface area contributed by atoms with Crippen molar-refractivity contribution in [2.24, 2.45) is 5.41 Å². The molecule has 4 aliphatic rings. The van der Waals surface area contributed by atoms with Crippen molar-refractivity contribution in [3.63, 3.8) is 0 Å². The topological polar surface area (TPSA) is 260 Å². The fourth-order valence-electron chi connectivity index (χ4n) is 11.3. The minimum atomic E-state index is -4.68. The number of carbonyl (C=O) groups excluding carboxylic acids is 4. The number of anilines is 2. The van der Waals surface area contributed by atoms with Crippen molar-refractivity contribution in [1.82, 2.24) is 44.8 Å². The number of rotatable bonds is 18. The zero-order valence-corrected chi connectivity index (χ0v) is 47.9. The van der Waals surface area contributed by atoms with Gasteiger partial charge in [-0.2, -0.15) is 0 Å². The third kappa shape index (κ3) is 12.8. The molecule has 2 saturated heterocycles. The molecule has 11 rings (SSSR count). The Morgan fingerprint density at radius 2 is 1.80 bits per heavy atom. The number of aromatic amines is 1. The van der Waals surface area contributed by atoms with Gasteiger partial charge in [-0.05, 0) is 121 Å². The van der Waals surface area contributed by atoms with E-state index >= 15 is 0 Å². The second-order valence-electron chi connectivity index (χ2n) is 22.2. The zero-order chi connectivity index (χ0) is 58.7. The van der Waals surface area contributed by atoms with Crippen molar-refractivity contribution < 1.29 is 37.3 Å². The van der Waals surface area contributed by atoms with E-state index in [4.69, 9.17) is 16.3 Å². The molecule has 1 unspecified atom stereocenters. The standard InChI is InChI=1S/C61H61ClN12O9S/c1-61(2)23-21-42(50(33-61)40-11-13-43(62)14-12-40)36-70-26-28-71(29-27-70)45-15-17-49(55(31-45)83-46-30-41-22-24-63-57(41)65-35-46)58(76)68-84(81,82)47-16-18-52(54(32-47)74(79)80)64-34-44-37-72(69-67-44)25-6-4-3-5-8-39-9-7-10-48-51(39)38-73(60(48)78)53-19-20-56(75)66-59(53)77/h7,9-18,22,24,30-32,35,37,53,64H,3-4,6,19-21,23,25-29,33-34,36,38H2,1-2H3,(H,63,65)(H,68,76)(H,66,75,77). The van der Waals surface area contributed by atoms with Crippen molar-refractivity contribution in [3.8, 4) is 23.3 Å². The number of nitrogens with zero attached hydrogens (tertiary/aromatic N) is 8. The summed E-state index contributed by atoms with van der Waals surface area (Å²) in [6.45, 7) is 9.25. The Bertz CT molecular complexity index is 3950. The van der Waals surface area contributed by atoms with E-state index in [0.717, 1.165) is 68.0 Å². The number of aromatic nitrogens is 5. The van der Waals surface area contributed by atoms with E-state index in [0.29, 0.717) is 65.7 Å². The zero-order valence-electron chi connectivity index (χ0n) is 46.3. The molecule has 7 aromatic rings. The normalized spacial score (nSPS) is 17.2. The van der Waals surface area contributed by atoms with Crippen LogP contribution in [0.15, 0.2) is 120 Å². The number of nitrogens with one attached hydrogen (secondary N) is 4. The first-order valence-electron chi connectivity index (χ1n) is 27.9. The summed E-state index contributed by atoms with van der Waals surface area (Å²) in [4.78, 5) is 76.3. The molecule has 4 aromatic carbocycles. The molecule has 3 aromatic heterocycles. The van der Waals surface area contributed by atoms with E-state index in [1.165, 1.54) is 46.0 Å². The van der Waals surface area contributed by atoms with Crippen molar-refractivity contribution >= 4 is 78.9 Å². The number of piperidine rings is 1. The number of amides is 4. The lowest BCUT2D eigenvalue weighted by atomic mass is 9.72. The smallest absolute Gasteiger partial charge is 0.293 e. The van der Waals surface area contributed by atoms with E-state index in [1.54, 1.807) is 47.4 Å². The number of hydrogen-bond acceptors (Lipinski definition) is 15. The lowest BCUT2D eigenvalue weighted by Gasteiger charge is -2.39. The molecule has 21 nitrogen and oxygen atoms in total. The number of aryl methyl sites for hydroxylation is 1. The third-order valence-corrected chi connectivity index (χ3v) is 17.4. The van der Waals surface area contributed by atoms with Crippen molar-refractivity contribution in [1.29, 1.82) is 0 Å². The highest BCUT2D eigenvalue weighted by Gasteiger charge is 2.40. The summed E-state index contributed by atoms with van der Waals surface area (Å²) in [7, 11) is -4.68. The molecule has 0 radical (unpaired) electrons. The van der Waals surface area contributed by atoms with E-state index < -0.39 is 43.4 Å². The average Bonchev–Trinajstić information content (AvgIpc) is 2.79. The monoisotopic (exact) mass is 1170 g/mol. The van der Waals surface area contributed by atoms with Gasteiger partial charge >= 0.3 is 0 Å². The van der Waals surface area contributed by atoms with Crippen LogP contribution in [-0.2, 0) is 39.2 Å². The highest BCUT2D eigenvalue weighted by Crippen LogP contribution is 2.44. The maximum atomic E-state index is 14.1. The Hall–Kier alpha value is -8.91. The van der Waals surface area contributed by atoms with Crippen LogP contribution in [0, 0.1) is 27.4 Å². The highest BCUT2D eigenvalue weighted by molar-refractivity contribution is 7.90. The quantitative estimate of drug-likeness (QED) is 0.0205. The van der Waals surface area contributed by atoms with E-state index in [1.807, 2.05) is 24.3 Å². The number of H-pyrrole nitrogens is 1. The molecule has 432 valence electrons. The van der Waals surface area contributed by atoms with Gasteiger partial charge in [0.05, 0.1) is 34.3 Å². The van der Waals surface area contributed by atoms with Gasteiger partial charge in [0.25, 0.3) is 27.5 Å². The van der Waals surface area contributed by atoms with Crippen molar-refractivity contribution in [3.05, 3.63) is 164 Å². The molecular formula is C61H61ClN12O9S. The summed E-state index contributed by atoms with van der Waals surface area (Å²) in [5.74, 6) is 4.70. The van der Waals surface area contributed by atoms with Crippen LogP contribution in [0.4, 0.5) is 17.1 Å². The van der Waals surface area contributed by atoms with Crippen molar-refractivity contribution in [2.75, 3.05) is 42.9 Å². The van der Waals surface area contributed by atoms with Gasteiger partial charge < -0.3 is 24.8 Å². The van der Waals surface area contributed by atoms with Crippen LogP contribution >= 0.6 is 11.6 Å². The van der Waals surface area contributed by atoms with Gasteiger partial charge in [-0.1, -0.05) is 66.3 Å². The number of allylic oxidation sites excluding steroid dienone is 1. The van der Waals surface area contributed by atoms with Crippen molar-refractivity contribution in [2.45, 2.75) is 95.8 Å². The predicted octanol–water partition coefficient (Wildman–Crippen LogP) is 9.01. The van der Waals surface area contributed by atoms with Gasteiger partial charge in [-0.3, -0.25) is 44.2 Å². The molecule has 3 aliphatic heterocycles. The number of ether oxygens (including phenoxy) is 1. The number of nitro groups is 1. The van der Waals surface area contributed by atoms with Gasteiger partial charge in [-0.15, -0.1) is 5.10 Å². The van der Waals surface area contributed by atoms with Crippen LogP contribution in [0.25, 0.3) is 16.6 Å². The summed E-state index contributed by atoms with van der Waals surface area (Å²) in [6, 6.07) is 24.7. The van der Waals surface area contributed by atoms with Crippen LogP contribution in [0.1, 0.15) is 108 Å². The molecule has 23 heteroatoms. The number of fused-ring (bicyclic) bond motifs is 2. The number of hydrogen-bond donors (Lipinski definition) is 4. The minimum absolute atomic E-state index is 0.0217. The number of carbonyl (C=O) groups is 4. The second kappa shape index (κ2) is 24.1. The number of sulfonamides is 1. The SMILES string of the molecule is CC1(C)CCC(CN2CCN(c3ccc(C(=O)NS(=O)(=O)c4ccc(NCc5cn(CCCCC#Cc6cccc7c6CN(C6CCC(=O)NC6=O)C7=O)nn5)c([N+](=O)[O-])c4)c(Oc4cnc5[nH]ccc5c4)c3)CC2)=C(c2ccc(Cl)cc2)C1. The number of pyridine rings is 1. The molecule has 0 bridgehead atoms. The summed E-state index contributed by atoms with van der Waals surface area (Å²) in [5, 5.41) is 27.6. The van der Waals surface area contributed by atoms with Crippen LogP contribution < -0.4 is 25.0 Å². The molecule has 2 fully saturated rings. The average molecular weight is 1170 g/mol. The lowest BCUT2D eigenvalue weighted by molar-refractivity contribution is -0.384. The molecule has 0 saturated carbocycles. The summed E-state index contributed by atoms with van der Waals surface area (Å²) >= 11 is 6.27. The molecule has 84 heavy (non-hydrogen) atoms. The van der Waals surface area contributed by atoms with Gasteiger partial charge in [-0.25, -0.2) is 18.1 Å². The molecule has 0 spiro atoms. The van der Waals surface area contributed by atoms with Gasteiger partial charge in [0.1, 0.15) is 34.6 Å². The number of benzene rings is 4. The fourth-order valence-corrected chi connectivity index (χ4v) is 12.4. The van der Waals surface area contributed by atoms with Crippen LogP contribution in [0.5, 0.6) is 11.5 Å². The maximum absolute atomic E-state index is 14.1. The molecule has 1 aliphatic carbocycles. The Morgan fingerprint density at radius 3 is 2.60 bits per heavy atom. The third-order valence-electron chi connectivity index (χ3n) is 15.8. The largest absolute Gasteiger partial charge is 0.455 e. The van der Waals surface area contributed by atoms with Gasteiger partial charge in [0.2, 0.25) is 11.8 Å². The molecule has 4 N–H and O–H groups in total. The number of unbranched alkanes of at least 4 members (excludes halogenated alkanes) is 2. The Balaban J connectivity index is 0.707. The molecule has 1 atom stereocenters. The van der Waals surface area contributed by atoms with Gasteiger partial charge in [0.15, 0.2) is 0 Å². The lowest BCUT2D eigenvalue weighted by Crippen LogP contribution is -2.52. The van der Waals surface area contributed by atoms with E-state index in [9.17, 15) is 37.7 Å². The summed E-state index contributed by atoms with van der Waals surface area (Å²) in [6.07, 6.45) is 10.5. The Morgan fingerprint density at radius 1 is 0.976 bits per heavy atom. The molecular weight excluding hydrogens is 1110 g/mol. The fraction of sp³-hybridized carbons (Fsp3) is 0.328.